The summed E-state index contributed by atoms with van der Waals surface area (Å²) in [4.78, 5) is 10.5. The zero-order valence-corrected chi connectivity index (χ0v) is 11.1. The van der Waals surface area contributed by atoms with Crippen LogP contribution >= 0.6 is 0 Å². The van der Waals surface area contributed by atoms with Crippen LogP contribution in [0.1, 0.15) is 65.7 Å². The quantitative estimate of drug-likeness (QED) is 0.334. The summed E-state index contributed by atoms with van der Waals surface area (Å²) in [5, 5.41) is 0. The second-order valence-corrected chi connectivity index (χ2v) is 4.20. The lowest BCUT2D eigenvalue weighted by atomic mass is 10.0. The number of allylic oxidation sites excluding steroid dienone is 2. The van der Waals surface area contributed by atoms with Gasteiger partial charge < -0.3 is 4.74 Å². The highest BCUT2D eigenvalue weighted by molar-refractivity contribution is 5.65. The summed E-state index contributed by atoms with van der Waals surface area (Å²) in [6.07, 6.45) is 10.6. The summed E-state index contributed by atoms with van der Waals surface area (Å²) in [6.45, 7) is 6.40. The molecule has 0 aromatic carbocycles. The predicted molar refractivity (Wildman–Crippen MR) is 68.4 cm³/mol. The van der Waals surface area contributed by atoms with Crippen molar-refractivity contribution in [2.45, 2.75) is 65.7 Å². The van der Waals surface area contributed by atoms with E-state index >= 15 is 0 Å². The summed E-state index contributed by atoms with van der Waals surface area (Å²) in [5.74, 6) is -0.167. The smallest absolute Gasteiger partial charge is 0.302 e. The molecule has 0 radical (unpaired) electrons. The lowest BCUT2D eigenvalue weighted by Gasteiger charge is -2.05. The van der Waals surface area contributed by atoms with Gasteiger partial charge in [-0.15, -0.1) is 0 Å². The number of hydrogen-bond donors (Lipinski definition) is 0. The Morgan fingerprint density at radius 2 is 1.81 bits per heavy atom. The zero-order valence-electron chi connectivity index (χ0n) is 11.1. The third-order valence-corrected chi connectivity index (χ3v) is 2.68. The fourth-order valence-electron chi connectivity index (χ4n) is 1.76. The molecule has 2 heteroatoms. The monoisotopic (exact) mass is 226 g/mol. The normalized spacial score (nSPS) is 11.6. The van der Waals surface area contributed by atoms with Gasteiger partial charge in [0.05, 0.1) is 6.61 Å². The SMILES string of the molecule is C/C=C(/CCC)CCCCCCOC(C)=O. The third-order valence-electron chi connectivity index (χ3n) is 2.68. The maximum Gasteiger partial charge on any atom is 0.302 e. The summed E-state index contributed by atoms with van der Waals surface area (Å²) < 4.78 is 4.88. The van der Waals surface area contributed by atoms with Crippen LogP contribution in [0.15, 0.2) is 11.6 Å². The van der Waals surface area contributed by atoms with Gasteiger partial charge in [-0.2, -0.15) is 0 Å². The van der Waals surface area contributed by atoms with Crippen molar-refractivity contribution in [1.82, 2.24) is 0 Å². The molecule has 0 amide bonds. The number of esters is 1. The van der Waals surface area contributed by atoms with Gasteiger partial charge in [0.1, 0.15) is 0 Å². The van der Waals surface area contributed by atoms with Crippen LogP contribution in [0.4, 0.5) is 0 Å². The topological polar surface area (TPSA) is 26.3 Å². The van der Waals surface area contributed by atoms with Crippen molar-refractivity contribution < 1.29 is 9.53 Å². The predicted octanol–water partition coefficient (Wildman–Crippen LogP) is 4.25. The van der Waals surface area contributed by atoms with Crippen molar-refractivity contribution in [2.24, 2.45) is 0 Å². The molecule has 0 unspecified atom stereocenters. The Labute approximate surface area is 100 Å². The van der Waals surface area contributed by atoms with Gasteiger partial charge >= 0.3 is 5.97 Å². The van der Waals surface area contributed by atoms with Crippen molar-refractivity contribution in [2.75, 3.05) is 6.61 Å². The second kappa shape index (κ2) is 10.7. The number of carbonyl (C=O) groups excluding carboxylic acids is 1. The van der Waals surface area contributed by atoms with E-state index in [0.29, 0.717) is 6.61 Å². The third kappa shape index (κ3) is 9.75. The van der Waals surface area contributed by atoms with Crippen LogP contribution in [0, 0.1) is 0 Å². The number of rotatable bonds is 9. The minimum atomic E-state index is -0.167. The molecule has 0 fully saturated rings. The first-order valence-electron chi connectivity index (χ1n) is 6.48. The first-order chi connectivity index (χ1) is 7.70. The van der Waals surface area contributed by atoms with Crippen LogP contribution < -0.4 is 0 Å². The molecular weight excluding hydrogens is 200 g/mol. The average Bonchev–Trinajstić information content (AvgIpc) is 2.26. The van der Waals surface area contributed by atoms with Crippen molar-refractivity contribution in [3.63, 3.8) is 0 Å². The number of carbonyl (C=O) groups is 1. The largest absolute Gasteiger partial charge is 0.466 e. The second-order valence-electron chi connectivity index (χ2n) is 4.20. The van der Waals surface area contributed by atoms with Gasteiger partial charge in [0.15, 0.2) is 0 Å². The molecule has 2 nitrogen and oxygen atoms in total. The molecule has 94 valence electrons. The van der Waals surface area contributed by atoms with Crippen molar-refractivity contribution in [3.8, 4) is 0 Å². The molecule has 0 saturated heterocycles. The lowest BCUT2D eigenvalue weighted by Crippen LogP contribution is -2.00. The standard InChI is InChI=1S/C14H26O2/c1-4-10-14(5-2)11-8-6-7-9-12-16-13(3)15/h5H,4,6-12H2,1-3H3/b14-5-. The highest BCUT2D eigenvalue weighted by Gasteiger charge is 1.97. The van der Waals surface area contributed by atoms with Crippen LogP contribution in [0.2, 0.25) is 0 Å². The Hall–Kier alpha value is -0.790. The molecule has 0 rings (SSSR count). The van der Waals surface area contributed by atoms with Crippen LogP contribution in [-0.2, 0) is 9.53 Å². The highest BCUT2D eigenvalue weighted by Crippen LogP contribution is 2.14. The molecule has 0 aromatic heterocycles. The van der Waals surface area contributed by atoms with Crippen LogP contribution in [-0.4, -0.2) is 12.6 Å². The van der Waals surface area contributed by atoms with Gasteiger partial charge in [-0.1, -0.05) is 37.8 Å². The maximum absolute atomic E-state index is 10.5. The molecule has 0 aliphatic heterocycles. The van der Waals surface area contributed by atoms with E-state index in [-0.39, 0.29) is 5.97 Å². The summed E-state index contributed by atoms with van der Waals surface area (Å²) in [6, 6.07) is 0. The Morgan fingerprint density at radius 3 is 2.38 bits per heavy atom. The molecule has 0 N–H and O–H groups in total. The molecule has 0 saturated carbocycles. The Morgan fingerprint density at radius 1 is 1.12 bits per heavy atom. The Bertz CT molecular complexity index is 207. The first kappa shape index (κ1) is 15.2. The Kier molecular flexibility index (Phi) is 10.2. The fourth-order valence-corrected chi connectivity index (χ4v) is 1.76. The van der Waals surface area contributed by atoms with Gasteiger partial charge in [-0.25, -0.2) is 0 Å². The van der Waals surface area contributed by atoms with Gasteiger partial charge in [0, 0.05) is 6.92 Å². The molecule has 0 aliphatic rings. The van der Waals surface area contributed by atoms with E-state index in [1.54, 1.807) is 5.57 Å². The summed E-state index contributed by atoms with van der Waals surface area (Å²) in [5.41, 5.74) is 1.59. The van der Waals surface area contributed by atoms with Crippen molar-refractivity contribution in [1.29, 1.82) is 0 Å². The molecule has 0 bridgehead atoms. The van der Waals surface area contributed by atoms with Crippen molar-refractivity contribution in [3.05, 3.63) is 11.6 Å². The van der Waals surface area contributed by atoms with Gasteiger partial charge in [0.2, 0.25) is 0 Å². The zero-order chi connectivity index (χ0) is 12.2. The lowest BCUT2D eigenvalue weighted by molar-refractivity contribution is -0.141. The van der Waals surface area contributed by atoms with Gasteiger partial charge in [-0.05, 0) is 32.6 Å². The van der Waals surface area contributed by atoms with Gasteiger partial charge in [-0.3, -0.25) is 4.79 Å². The van der Waals surface area contributed by atoms with E-state index in [9.17, 15) is 4.79 Å². The van der Waals surface area contributed by atoms with Gasteiger partial charge in [0.25, 0.3) is 0 Å². The molecule has 0 heterocycles. The highest BCUT2D eigenvalue weighted by atomic mass is 16.5. The molecular formula is C14H26O2. The van der Waals surface area contributed by atoms with Crippen LogP contribution in [0.3, 0.4) is 0 Å². The first-order valence-corrected chi connectivity index (χ1v) is 6.48. The molecule has 0 spiro atoms. The number of unbranched alkanes of at least 4 members (excludes halogenated alkanes) is 3. The van der Waals surface area contributed by atoms with E-state index in [2.05, 4.69) is 19.9 Å². The molecule has 0 aromatic rings. The summed E-state index contributed by atoms with van der Waals surface area (Å²) in [7, 11) is 0. The number of hydrogen-bond acceptors (Lipinski definition) is 2. The summed E-state index contributed by atoms with van der Waals surface area (Å²) >= 11 is 0. The fraction of sp³-hybridized carbons (Fsp3) is 0.786. The molecule has 16 heavy (non-hydrogen) atoms. The van der Waals surface area contributed by atoms with Crippen LogP contribution in [0.5, 0.6) is 0 Å². The average molecular weight is 226 g/mol. The minimum Gasteiger partial charge on any atom is -0.466 e. The van der Waals surface area contributed by atoms with E-state index in [1.807, 2.05) is 0 Å². The molecule has 0 aliphatic carbocycles. The minimum absolute atomic E-state index is 0.167. The van der Waals surface area contributed by atoms with E-state index < -0.39 is 0 Å². The van der Waals surface area contributed by atoms with E-state index in [0.717, 1.165) is 12.8 Å². The van der Waals surface area contributed by atoms with Crippen molar-refractivity contribution >= 4 is 5.97 Å². The van der Waals surface area contributed by atoms with E-state index in [4.69, 9.17) is 4.74 Å². The number of ether oxygens (including phenoxy) is 1. The Balaban J connectivity index is 3.29. The maximum atomic E-state index is 10.5. The molecule has 0 atom stereocenters. The van der Waals surface area contributed by atoms with Crippen LogP contribution in [0.25, 0.3) is 0 Å². The van der Waals surface area contributed by atoms with E-state index in [1.165, 1.54) is 39.0 Å².